The Hall–Kier alpha value is -2.52. The molecule has 0 N–H and O–H groups in total. The van der Waals surface area contributed by atoms with E-state index < -0.39 is 47.0 Å². The van der Waals surface area contributed by atoms with Crippen LogP contribution in [0.1, 0.15) is 62.5 Å². The van der Waals surface area contributed by atoms with Crippen molar-refractivity contribution in [1.29, 1.82) is 0 Å². The highest BCUT2D eigenvalue weighted by molar-refractivity contribution is 5.36. The average Bonchev–Trinajstić information content (AvgIpc) is 2.70. The van der Waals surface area contributed by atoms with Crippen molar-refractivity contribution < 1.29 is 44.6 Å². The summed E-state index contributed by atoms with van der Waals surface area (Å²) in [5.41, 5.74) is -0.588. The molecule has 0 spiro atoms. The molecule has 2 nitrogen and oxygen atoms in total. The van der Waals surface area contributed by atoms with Gasteiger partial charge in [-0.3, -0.25) is 0 Å². The minimum absolute atomic E-state index is 0.0422. The van der Waals surface area contributed by atoms with Crippen molar-refractivity contribution in [2.24, 2.45) is 5.92 Å². The molecule has 1 aliphatic rings. The largest absolute Gasteiger partial charge is 0.573 e. The molecule has 1 aliphatic carbocycles. The molecular formula is C23H22F8O2. The highest BCUT2D eigenvalue weighted by atomic mass is 19.4. The smallest absolute Gasteiger partial charge is 0.429 e. The van der Waals surface area contributed by atoms with Gasteiger partial charge in [-0.05, 0) is 55.2 Å². The van der Waals surface area contributed by atoms with Crippen molar-refractivity contribution in [2.75, 3.05) is 0 Å². The van der Waals surface area contributed by atoms with Crippen LogP contribution < -0.4 is 9.47 Å². The maximum absolute atomic E-state index is 14.6. The second-order valence-electron chi connectivity index (χ2n) is 8.13. The summed E-state index contributed by atoms with van der Waals surface area (Å²) in [6.07, 6.45) is -3.93. The molecule has 1 fully saturated rings. The summed E-state index contributed by atoms with van der Waals surface area (Å²) in [5, 5.41) is 0. The van der Waals surface area contributed by atoms with Gasteiger partial charge in [0.25, 0.3) is 0 Å². The number of halogens is 8. The minimum atomic E-state index is -5.39. The van der Waals surface area contributed by atoms with Crippen LogP contribution >= 0.6 is 0 Å². The van der Waals surface area contributed by atoms with Gasteiger partial charge in [-0.25, -0.2) is 13.2 Å². The van der Waals surface area contributed by atoms with Gasteiger partial charge in [0.05, 0.1) is 5.56 Å². The van der Waals surface area contributed by atoms with E-state index in [0.29, 0.717) is 11.5 Å². The van der Waals surface area contributed by atoms with Crippen LogP contribution in [-0.4, -0.2) is 6.36 Å². The van der Waals surface area contributed by atoms with Gasteiger partial charge in [-0.15, -0.1) is 13.2 Å². The van der Waals surface area contributed by atoms with Gasteiger partial charge < -0.3 is 9.47 Å². The summed E-state index contributed by atoms with van der Waals surface area (Å²) in [6.45, 7) is 2.11. The van der Waals surface area contributed by atoms with Crippen molar-refractivity contribution in [3.8, 4) is 11.5 Å². The Bertz CT molecular complexity index is 942. The van der Waals surface area contributed by atoms with Gasteiger partial charge in [0, 0.05) is 12.1 Å². The van der Waals surface area contributed by atoms with Crippen LogP contribution in [0.5, 0.6) is 11.5 Å². The zero-order valence-corrected chi connectivity index (χ0v) is 17.6. The monoisotopic (exact) mass is 482 g/mol. The molecular weight excluding hydrogens is 460 g/mol. The quantitative estimate of drug-likeness (QED) is 0.370. The SMILES string of the molecule is CCC[C@H]1CC[C@H](c2ccc(C(F)(F)Oc3cc(F)c(OC(F)(F)F)c(F)c3)c(F)c2)CC1. The highest BCUT2D eigenvalue weighted by Crippen LogP contribution is 2.40. The molecule has 0 heterocycles. The lowest BCUT2D eigenvalue weighted by atomic mass is 9.77. The van der Waals surface area contributed by atoms with Gasteiger partial charge in [-0.2, -0.15) is 8.78 Å². The zero-order valence-electron chi connectivity index (χ0n) is 17.6. The van der Waals surface area contributed by atoms with Gasteiger partial charge in [0.15, 0.2) is 11.6 Å². The third-order valence-electron chi connectivity index (χ3n) is 5.76. The Labute approximate surface area is 185 Å². The van der Waals surface area contributed by atoms with Crippen molar-refractivity contribution in [3.05, 3.63) is 58.9 Å². The summed E-state index contributed by atoms with van der Waals surface area (Å²) >= 11 is 0. The number of hydrogen-bond acceptors (Lipinski definition) is 2. The first-order chi connectivity index (χ1) is 15.4. The number of ether oxygens (including phenoxy) is 2. The third-order valence-corrected chi connectivity index (χ3v) is 5.76. The normalized spacial score (nSPS) is 19.4. The van der Waals surface area contributed by atoms with Crippen molar-refractivity contribution in [2.45, 2.75) is 63.8 Å². The fraction of sp³-hybridized carbons (Fsp3) is 0.478. The molecule has 2 aromatic carbocycles. The summed E-state index contributed by atoms with van der Waals surface area (Å²) < 4.78 is 115. The van der Waals surface area contributed by atoms with E-state index in [9.17, 15) is 35.1 Å². The van der Waals surface area contributed by atoms with E-state index in [2.05, 4.69) is 16.4 Å². The molecule has 0 saturated heterocycles. The Morgan fingerprint density at radius 2 is 1.42 bits per heavy atom. The fourth-order valence-corrected chi connectivity index (χ4v) is 4.23. The van der Waals surface area contributed by atoms with E-state index in [0.717, 1.165) is 50.7 Å². The standard InChI is InChI=1S/C23H22F8O2/c1-2-3-13-4-6-14(7-5-13)15-8-9-17(18(24)10-15)22(27,28)32-16-11-19(25)21(20(26)12-16)33-23(29,30)31/h8-14H,2-7H2,1H3/t13-,14-. The lowest BCUT2D eigenvalue weighted by molar-refractivity contribution is -0.276. The van der Waals surface area contributed by atoms with Crippen LogP contribution in [0.2, 0.25) is 0 Å². The van der Waals surface area contributed by atoms with E-state index in [4.69, 9.17) is 0 Å². The van der Waals surface area contributed by atoms with Crippen LogP contribution in [0.4, 0.5) is 35.1 Å². The average molecular weight is 482 g/mol. The van der Waals surface area contributed by atoms with Crippen LogP contribution in [0, 0.1) is 23.4 Å². The number of alkyl halides is 5. The van der Waals surface area contributed by atoms with Gasteiger partial charge >= 0.3 is 12.5 Å². The first kappa shape index (κ1) is 25.1. The molecule has 0 atom stereocenters. The molecule has 0 aromatic heterocycles. The summed E-state index contributed by atoms with van der Waals surface area (Å²) in [7, 11) is 0. The van der Waals surface area contributed by atoms with E-state index in [1.165, 1.54) is 6.07 Å². The van der Waals surface area contributed by atoms with Crippen molar-refractivity contribution >= 4 is 0 Å². The fourth-order valence-electron chi connectivity index (χ4n) is 4.23. The molecule has 1 saturated carbocycles. The maximum atomic E-state index is 14.6. The molecule has 0 unspecified atom stereocenters. The second-order valence-corrected chi connectivity index (χ2v) is 8.13. The Morgan fingerprint density at radius 3 is 1.94 bits per heavy atom. The minimum Gasteiger partial charge on any atom is -0.429 e. The highest BCUT2D eigenvalue weighted by Gasteiger charge is 2.39. The Balaban J connectivity index is 1.75. The second kappa shape index (κ2) is 9.77. The first-order valence-electron chi connectivity index (χ1n) is 10.5. The van der Waals surface area contributed by atoms with Crippen LogP contribution in [0.3, 0.4) is 0 Å². The Kier molecular flexibility index (Phi) is 7.43. The van der Waals surface area contributed by atoms with Crippen molar-refractivity contribution in [1.82, 2.24) is 0 Å². The molecule has 3 rings (SSSR count). The van der Waals surface area contributed by atoms with E-state index in [1.807, 2.05) is 0 Å². The van der Waals surface area contributed by atoms with Gasteiger partial charge in [0.2, 0.25) is 5.75 Å². The van der Waals surface area contributed by atoms with Gasteiger partial charge in [-0.1, -0.05) is 25.8 Å². The molecule has 0 aliphatic heterocycles. The van der Waals surface area contributed by atoms with Crippen LogP contribution in [0.15, 0.2) is 30.3 Å². The summed E-state index contributed by atoms with van der Waals surface area (Å²) in [4.78, 5) is 0. The summed E-state index contributed by atoms with van der Waals surface area (Å²) in [6, 6.07) is 3.40. The molecule has 33 heavy (non-hydrogen) atoms. The van der Waals surface area contributed by atoms with E-state index in [1.54, 1.807) is 0 Å². The molecule has 2 aromatic rings. The molecule has 182 valence electrons. The first-order valence-corrected chi connectivity index (χ1v) is 10.5. The third kappa shape index (κ3) is 6.29. The lowest BCUT2D eigenvalue weighted by Gasteiger charge is -2.29. The zero-order chi connectivity index (χ0) is 24.4. The molecule has 10 heteroatoms. The van der Waals surface area contributed by atoms with E-state index in [-0.39, 0.29) is 18.1 Å². The van der Waals surface area contributed by atoms with Gasteiger partial charge in [0.1, 0.15) is 11.6 Å². The number of rotatable bonds is 7. The number of benzene rings is 2. The van der Waals surface area contributed by atoms with Crippen molar-refractivity contribution in [3.63, 3.8) is 0 Å². The topological polar surface area (TPSA) is 18.5 Å². The summed E-state index contributed by atoms with van der Waals surface area (Å²) in [5.74, 6) is -7.38. The predicted molar refractivity (Wildman–Crippen MR) is 104 cm³/mol. The van der Waals surface area contributed by atoms with E-state index >= 15 is 0 Å². The van der Waals surface area contributed by atoms with Crippen LogP contribution in [0.25, 0.3) is 0 Å². The molecule has 0 radical (unpaired) electrons. The lowest BCUT2D eigenvalue weighted by Crippen LogP contribution is -2.24. The predicted octanol–water partition coefficient (Wildman–Crippen LogP) is 8.20. The Morgan fingerprint density at radius 1 is 0.818 bits per heavy atom. The maximum Gasteiger partial charge on any atom is 0.573 e. The molecule has 0 bridgehead atoms. The number of hydrogen-bond donors (Lipinski definition) is 0. The van der Waals surface area contributed by atoms with Crippen LogP contribution in [-0.2, 0) is 6.11 Å². The molecule has 0 amide bonds.